The summed E-state index contributed by atoms with van der Waals surface area (Å²) in [6.45, 7) is 5.27. The summed E-state index contributed by atoms with van der Waals surface area (Å²) in [5.74, 6) is 1.05. The molecule has 1 aliphatic rings. The second-order valence-electron chi connectivity index (χ2n) is 6.79. The lowest BCUT2D eigenvalue weighted by Crippen LogP contribution is -2.49. The minimum absolute atomic E-state index is 0.105. The molecule has 1 aliphatic heterocycles. The van der Waals surface area contributed by atoms with Crippen LogP contribution in [0.1, 0.15) is 25.3 Å². The van der Waals surface area contributed by atoms with Gasteiger partial charge in [0.2, 0.25) is 11.8 Å². The Balaban J connectivity index is 1.47. The van der Waals surface area contributed by atoms with Crippen LogP contribution in [0, 0.1) is 0 Å². The molecule has 27 heavy (non-hydrogen) atoms. The maximum Gasteiger partial charge on any atom is 0.277 e. The number of thioether (sulfide) groups is 1. The van der Waals surface area contributed by atoms with Gasteiger partial charge in [0.05, 0.1) is 11.8 Å². The van der Waals surface area contributed by atoms with Crippen molar-refractivity contribution < 1.29 is 9.21 Å². The quantitative estimate of drug-likeness (QED) is 0.674. The summed E-state index contributed by atoms with van der Waals surface area (Å²) in [6.07, 6.45) is 0.893. The van der Waals surface area contributed by atoms with Crippen LogP contribution >= 0.6 is 11.8 Å². The van der Waals surface area contributed by atoms with Crippen LogP contribution in [-0.2, 0) is 4.79 Å². The number of carbonyl (C=O) groups is 1. The summed E-state index contributed by atoms with van der Waals surface area (Å²) in [5, 5.41) is 8.67. The molecule has 1 aromatic carbocycles. The van der Waals surface area contributed by atoms with Gasteiger partial charge in [-0.2, -0.15) is 0 Å². The van der Waals surface area contributed by atoms with E-state index in [-0.39, 0.29) is 11.9 Å². The third-order valence-electron chi connectivity index (χ3n) is 4.79. The Morgan fingerprint density at radius 2 is 1.89 bits per heavy atom. The second-order valence-corrected chi connectivity index (χ2v) is 7.71. The summed E-state index contributed by atoms with van der Waals surface area (Å²) in [4.78, 5) is 18.8. The van der Waals surface area contributed by atoms with Gasteiger partial charge in [-0.15, -0.1) is 10.2 Å². The van der Waals surface area contributed by atoms with Crippen LogP contribution in [0.2, 0.25) is 0 Å². The lowest BCUT2D eigenvalue weighted by Gasteiger charge is -2.36. The highest BCUT2D eigenvalue weighted by Crippen LogP contribution is 2.24. The second kappa shape index (κ2) is 9.23. The fourth-order valence-corrected chi connectivity index (χ4v) is 3.91. The number of hydrogen-bond donors (Lipinski definition) is 0. The molecule has 0 saturated carbocycles. The average molecular weight is 390 g/mol. The fourth-order valence-electron chi connectivity index (χ4n) is 3.24. The first-order valence-electron chi connectivity index (χ1n) is 9.29. The van der Waals surface area contributed by atoms with Gasteiger partial charge in [0.1, 0.15) is 0 Å². The molecule has 0 bridgehead atoms. The Morgan fingerprint density at radius 3 is 2.52 bits per heavy atom. The molecule has 0 aliphatic carbocycles. The highest BCUT2D eigenvalue weighted by molar-refractivity contribution is 7.99. The zero-order valence-electron chi connectivity index (χ0n) is 16.2. The van der Waals surface area contributed by atoms with Crippen molar-refractivity contribution in [3.63, 3.8) is 0 Å². The number of nitrogens with zero attached hydrogens (tertiary/aromatic N) is 5. The van der Waals surface area contributed by atoms with Crippen LogP contribution in [0.25, 0.3) is 0 Å². The third kappa shape index (κ3) is 5.01. The summed E-state index contributed by atoms with van der Waals surface area (Å²) >= 11 is 1.32. The van der Waals surface area contributed by atoms with Crippen molar-refractivity contribution >= 4 is 23.4 Å². The van der Waals surface area contributed by atoms with E-state index in [4.69, 9.17) is 4.42 Å². The zero-order valence-corrected chi connectivity index (χ0v) is 17.0. The van der Waals surface area contributed by atoms with Gasteiger partial charge in [0, 0.05) is 31.9 Å². The molecule has 0 unspecified atom stereocenters. The SMILES string of the molecule is CC[C@H](c1nnc(SCC(=O)N2CCN(c3ccccc3)CC2)o1)N(C)C. The molecule has 0 spiro atoms. The largest absolute Gasteiger partial charge is 0.414 e. The minimum Gasteiger partial charge on any atom is -0.414 e. The number of rotatable bonds is 7. The number of aromatic nitrogens is 2. The van der Waals surface area contributed by atoms with E-state index in [0.717, 1.165) is 32.6 Å². The van der Waals surface area contributed by atoms with Crippen molar-refractivity contribution in [1.82, 2.24) is 20.0 Å². The Morgan fingerprint density at radius 1 is 1.19 bits per heavy atom. The van der Waals surface area contributed by atoms with Crippen molar-refractivity contribution in [3.05, 3.63) is 36.2 Å². The first-order chi connectivity index (χ1) is 13.1. The Labute approximate surface area is 164 Å². The molecule has 1 saturated heterocycles. The van der Waals surface area contributed by atoms with E-state index < -0.39 is 0 Å². The van der Waals surface area contributed by atoms with Gasteiger partial charge in [-0.25, -0.2) is 0 Å². The van der Waals surface area contributed by atoms with Crippen LogP contribution in [0.15, 0.2) is 40.0 Å². The van der Waals surface area contributed by atoms with Gasteiger partial charge in [0.25, 0.3) is 5.22 Å². The van der Waals surface area contributed by atoms with Gasteiger partial charge in [-0.05, 0) is 32.6 Å². The molecule has 1 aromatic heterocycles. The molecule has 146 valence electrons. The number of hydrogen-bond acceptors (Lipinski definition) is 7. The predicted octanol–water partition coefficient (Wildman–Crippen LogP) is 2.52. The molecule has 2 heterocycles. The fraction of sp³-hybridized carbons (Fsp3) is 0.526. The van der Waals surface area contributed by atoms with Gasteiger partial charge in [-0.1, -0.05) is 36.9 Å². The van der Waals surface area contributed by atoms with Crippen molar-refractivity contribution in [2.75, 3.05) is 50.9 Å². The normalized spacial score (nSPS) is 16.0. The van der Waals surface area contributed by atoms with E-state index in [0.29, 0.717) is 16.9 Å². The number of benzene rings is 1. The average Bonchev–Trinajstić information content (AvgIpc) is 3.16. The lowest BCUT2D eigenvalue weighted by atomic mass is 10.2. The van der Waals surface area contributed by atoms with Crippen LogP contribution in [-0.4, -0.2) is 71.9 Å². The maximum atomic E-state index is 12.5. The number of anilines is 1. The zero-order chi connectivity index (χ0) is 19.2. The number of piperazine rings is 1. The number of amides is 1. The summed E-state index contributed by atoms with van der Waals surface area (Å²) in [6, 6.07) is 10.4. The van der Waals surface area contributed by atoms with Crippen molar-refractivity contribution in [3.8, 4) is 0 Å². The van der Waals surface area contributed by atoms with Gasteiger partial charge >= 0.3 is 0 Å². The summed E-state index contributed by atoms with van der Waals surface area (Å²) < 4.78 is 5.73. The van der Waals surface area contributed by atoms with Gasteiger partial charge in [0.15, 0.2) is 0 Å². The molecule has 1 fully saturated rings. The van der Waals surface area contributed by atoms with Crippen molar-refractivity contribution in [1.29, 1.82) is 0 Å². The lowest BCUT2D eigenvalue weighted by molar-refractivity contribution is -0.128. The molecule has 1 amide bonds. The molecule has 0 N–H and O–H groups in total. The topological polar surface area (TPSA) is 65.7 Å². The van der Waals surface area contributed by atoms with Crippen molar-refractivity contribution in [2.24, 2.45) is 0 Å². The minimum atomic E-state index is 0.105. The molecule has 1 atom stereocenters. The first kappa shape index (κ1) is 19.7. The Bertz CT molecular complexity index is 729. The third-order valence-corrected chi connectivity index (χ3v) is 5.59. The monoisotopic (exact) mass is 389 g/mol. The van der Waals surface area contributed by atoms with Crippen molar-refractivity contribution in [2.45, 2.75) is 24.6 Å². The van der Waals surface area contributed by atoms with Crippen LogP contribution in [0.5, 0.6) is 0 Å². The molecule has 8 heteroatoms. The highest BCUT2D eigenvalue weighted by atomic mass is 32.2. The van der Waals surface area contributed by atoms with E-state index in [2.05, 4.69) is 39.1 Å². The molecule has 2 aromatic rings. The van der Waals surface area contributed by atoms with E-state index in [1.165, 1.54) is 17.4 Å². The van der Waals surface area contributed by atoms with Gasteiger partial charge < -0.3 is 14.2 Å². The van der Waals surface area contributed by atoms with Gasteiger partial charge in [-0.3, -0.25) is 9.69 Å². The molecular weight excluding hydrogens is 362 g/mol. The van der Waals surface area contributed by atoms with Crippen LogP contribution in [0.4, 0.5) is 5.69 Å². The smallest absolute Gasteiger partial charge is 0.277 e. The molecule has 3 rings (SSSR count). The summed E-state index contributed by atoms with van der Waals surface area (Å²) in [7, 11) is 3.98. The highest BCUT2D eigenvalue weighted by Gasteiger charge is 2.23. The molecular formula is C19H27N5O2S. The van der Waals surface area contributed by atoms with Crippen LogP contribution in [0.3, 0.4) is 0 Å². The molecule has 0 radical (unpaired) electrons. The Kier molecular flexibility index (Phi) is 6.73. The number of para-hydroxylation sites is 1. The predicted molar refractivity (Wildman–Crippen MR) is 107 cm³/mol. The van der Waals surface area contributed by atoms with E-state index in [1.54, 1.807) is 0 Å². The summed E-state index contributed by atoms with van der Waals surface area (Å²) in [5.41, 5.74) is 1.21. The number of carbonyl (C=O) groups excluding carboxylic acids is 1. The van der Waals surface area contributed by atoms with Crippen LogP contribution < -0.4 is 4.90 Å². The van der Waals surface area contributed by atoms with E-state index >= 15 is 0 Å². The first-order valence-corrected chi connectivity index (χ1v) is 10.3. The van der Waals surface area contributed by atoms with E-state index in [1.807, 2.05) is 37.2 Å². The maximum absolute atomic E-state index is 12.5. The Hall–Kier alpha value is -2.06. The standard InChI is InChI=1S/C19H27N5O2S/c1-4-16(22(2)3)18-20-21-19(26-18)27-14-17(25)24-12-10-23(11-13-24)15-8-6-5-7-9-15/h5-9,16H,4,10-14H2,1-3H3/t16-/m1/s1. The van der Waals surface area contributed by atoms with E-state index in [9.17, 15) is 4.79 Å². The molecule has 7 nitrogen and oxygen atoms in total.